The highest BCUT2D eigenvalue weighted by atomic mass is 19.1. The smallest absolute Gasteiger partial charge is 0.185 e. The number of alkyl halides is 1. The molecule has 8 heteroatoms. The number of imidazole rings is 1. The lowest BCUT2D eigenvalue weighted by atomic mass is 9.70. The summed E-state index contributed by atoms with van der Waals surface area (Å²) in [5.74, 6) is 0.904. The van der Waals surface area contributed by atoms with E-state index in [9.17, 15) is 5.11 Å². The van der Waals surface area contributed by atoms with Crippen LogP contribution in [0.3, 0.4) is 0 Å². The third-order valence-electron chi connectivity index (χ3n) is 6.49. The quantitative estimate of drug-likeness (QED) is 0.680. The number of anilines is 1. The molecule has 0 unspecified atom stereocenters. The average molecular weight is 410 g/mol. The summed E-state index contributed by atoms with van der Waals surface area (Å²) in [7, 11) is 1.85. The Labute approximate surface area is 175 Å². The highest BCUT2D eigenvalue weighted by Crippen LogP contribution is 2.43. The largest absolute Gasteiger partial charge is 0.507 e. The molecule has 7 nitrogen and oxygen atoms in total. The molecule has 0 bridgehead atoms. The molecule has 30 heavy (non-hydrogen) atoms. The van der Waals surface area contributed by atoms with E-state index in [4.69, 9.17) is 0 Å². The van der Waals surface area contributed by atoms with E-state index in [1.54, 1.807) is 41.6 Å². The van der Waals surface area contributed by atoms with Crippen LogP contribution in [0, 0.1) is 5.41 Å². The highest BCUT2D eigenvalue weighted by Gasteiger charge is 2.43. The van der Waals surface area contributed by atoms with E-state index in [2.05, 4.69) is 27.1 Å². The Morgan fingerprint density at radius 1 is 1.33 bits per heavy atom. The first kappa shape index (κ1) is 20.3. The molecule has 4 rings (SSSR count). The van der Waals surface area contributed by atoms with Crippen LogP contribution in [0.2, 0.25) is 0 Å². The summed E-state index contributed by atoms with van der Waals surface area (Å²) in [5, 5.41) is 18.9. The normalized spacial score (nSPS) is 24.0. The van der Waals surface area contributed by atoms with Crippen molar-refractivity contribution in [2.45, 2.75) is 51.7 Å². The third-order valence-corrected chi connectivity index (χ3v) is 6.49. The predicted molar refractivity (Wildman–Crippen MR) is 113 cm³/mol. The van der Waals surface area contributed by atoms with Crippen molar-refractivity contribution in [3.63, 3.8) is 0 Å². The van der Waals surface area contributed by atoms with Gasteiger partial charge in [-0.25, -0.2) is 14.4 Å². The van der Waals surface area contributed by atoms with Crippen LogP contribution >= 0.6 is 0 Å². The van der Waals surface area contributed by atoms with Crippen molar-refractivity contribution < 1.29 is 9.50 Å². The Morgan fingerprint density at radius 2 is 2.17 bits per heavy atom. The van der Waals surface area contributed by atoms with Crippen LogP contribution in [0.1, 0.15) is 39.5 Å². The Hall–Kier alpha value is -3.03. The Morgan fingerprint density at radius 3 is 2.80 bits per heavy atom. The molecule has 1 aromatic carbocycles. The van der Waals surface area contributed by atoms with Crippen LogP contribution < -0.4 is 4.90 Å². The summed E-state index contributed by atoms with van der Waals surface area (Å²) >= 11 is 0. The number of benzene rings is 1. The second-order valence-corrected chi connectivity index (χ2v) is 8.29. The third kappa shape index (κ3) is 3.62. The summed E-state index contributed by atoms with van der Waals surface area (Å²) < 4.78 is 17.0. The molecule has 0 aliphatic heterocycles. The SMILES string of the molecule is CC[C@@]1(C)CCC[C@@H](N(C)c2cnc(-c3ccc(-n4ccnc4)cc3O)nn2)[C@H]1F. The molecule has 0 spiro atoms. The molecule has 1 fully saturated rings. The van der Waals surface area contributed by atoms with Gasteiger partial charge >= 0.3 is 0 Å². The van der Waals surface area contributed by atoms with Gasteiger partial charge in [0.2, 0.25) is 0 Å². The van der Waals surface area contributed by atoms with Gasteiger partial charge in [0.05, 0.1) is 29.8 Å². The second kappa shape index (κ2) is 8.01. The molecule has 3 atom stereocenters. The first-order valence-corrected chi connectivity index (χ1v) is 10.3. The number of halogens is 1. The molecular weight excluding hydrogens is 383 g/mol. The lowest BCUT2D eigenvalue weighted by Gasteiger charge is -2.44. The van der Waals surface area contributed by atoms with Crippen LogP contribution in [0.25, 0.3) is 17.1 Å². The minimum Gasteiger partial charge on any atom is -0.507 e. The first-order valence-electron chi connectivity index (χ1n) is 10.3. The number of aromatic hydroxyl groups is 1. The van der Waals surface area contributed by atoms with Crippen LogP contribution in [-0.2, 0) is 0 Å². The molecule has 0 amide bonds. The van der Waals surface area contributed by atoms with E-state index >= 15 is 4.39 Å². The van der Waals surface area contributed by atoms with Gasteiger partial charge in [-0.15, -0.1) is 10.2 Å². The monoisotopic (exact) mass is 410 g/mol. The van der Waals surface area contributed by atoms with Crippen molar-refractivity contribution >= 4 is 5.82 Å². The Balaban J connectivity index is 1.54. The topological polar surface area (TPSA) is 80.0 Å². The standard InChI is InChI=1S/C22H27FN6O/c1-4-22(2)9-5-6-17(20(22)23)28(3)19-13-25-21(27-26-19)16-8-7-15(12-18(16)30)29-11-10-24-14-29/h7-8,10-14,17,20,30H,4-6,9H2,1-3H3/t17-,20-,22+/m1/s1. The Kier molecular flexibility index (Phi) is 5.40. The van der Waals surface area contributed by atoms with Crippen molar-refractivity contribution in [3.05, 3.63) is 43.1 Å². The van der Waals surface area contributed by atoms with Gasteiger partial charge in [0.1, 0.15) is 11.9 Å². The number of phenols is 1. The number of phenolic OH excluding ortho intramolecular Hbond substituents is 1. The fourth-order valence-electron chi connectivity index (χ4n) is 4.23. The molecule has 1 aliphatic rings. The van der Waals surface area contributed by atoms with Gasteiger partial charge in [-0.3, -0.25) is 0 Å². The van der Waals surface area contributed by atoms with E-state index in [0.717, 1.165) is 31.4 Å². The number of hydrogen-bond donors (Lipinski definition) is 1. The summed E-state index contributed by atoms with van der Waals surface area (Å²) in [5.41, 5.74) is 0.962. The number of rotatable bonds is 5. The van der Waals surface area contributed by atoms with Gasteiger partial charge < -0.3 is 14.6 Å². The second-order valence-electron chi connectivity index (χ2n) is 8.29. The van der Waals surface area contributed by atoms with Crippen molar-refractivity contribution in [1.82, 2.24) is 24.7 Å². The van der Waals surface area contributed by atoms with Crippen molar-refractivity contribution in [1.29, 1.82) is 0 Å². The maximum absolute atomic E-state index is 15.2. The van der Waals surface area contributed by atoms with E-state index in [-0.39, 0.29) is 17.2 Å². The average Bonchev–Trinajstić information content (AvgIpc) is 3.30. The van der Waals surface area contributed by atoms with Crippen molar-refractivity contribution in [2.24, 2.45) is 5.41 Å². The molecule has 1 aliphatic carbocycles. The van der Waals surface area contributed by atoms with E-state index in [0.29, 0.717) is 17.2 Å². The molecule has 2 aromatic heterocycles. The predicted octanol–water partition coefficient (Wildman–Crippen LogP) is 4.17. The molecule has 158 valence electrons. The van der Waals surface area contributed by atoms with Gasteiger partial charge in [0.25, 0.3) is 0 Å². The maximum Gasteiger partial charge on any atom is 0.185 e. The summed E-state index contributed by atoms with van der Waals surface area (Å²) in [4.78, 5) is 10.2. The zero-order valence-electron chi connectivity index (χ0n) is 17.5. The summed E-state index contributed by atoms with van der Waals surface area (Å²) in [6, 6.07) is 4.98. The molecular formula is C22H27FN6O. The lowest BCUT2D eigenvalue weighted by molar-refractivity contribution is 0.0493. The van der Waals surface area contributed by atoms with E-state index in [1.165, 1.54) is 0 Å². The van der Waals surface area contributed by atoms with Gasteiger partial charge in [0, 0.05) is 30.9 Å². The zero-order valence-corrected chi connectivity index (χ0v) is 17.5. The molecule has 0 radical (unpaired) electrons. The molecule has 1 N–H and O–H groups in total. The lowest BCUT2D eigenvalue weighted by Crippen LogP contribution is -2.50. The molecule has 3 aromatic rings. The summed E-state index contributed by atoms with van der Waals surface area (Å²) in [6.07, 6.45) is 9.29. The zero-order chi connectivity index (χ0) is 21.3. The number of nitrogens with zero attached hydrogens (tertiary/aromatic N) is 6. The highest BCUT2D eigenvalue weighted by molar-refractivity contribution is 5.66. The Bertz CT molecular complexity index is 993. The minimum atomic E-state index is -0.928. The molecule has 1 saturated carbocycles. The van der Waals surface area contributed by atoms with Gasteiger partial charge in [-0.2, -0.15) is 0 Å². The fourth-order valence-corrected chi connectivity index (χ4v) is 4.23. The van der Waals surface area contributed by atoms with Crippen LogP contribution in [0.15, 0.2) is 43.1 Å². The number of aromatic nitrogens is 5. The first-order chi connectivity index (χ1) is 14.4. The van der Waals surface area contributed by atoms with Crippen LogP contribution in [0.4, 0.5) is 10.2 Å². The molecule has 0 saturated heterocycles. The van der Waals surface area contributed by atoms with Crippen molar-refractivity contribution in [3.8, 4) is 22.8 Å². The van der Waals surface area contributed by atoms with Gasteiger partial charge in [-0.1, -0.05) is 20.3 Å². The van der Waals surface area contributed by atoms with E-state index < -0.39 is 6.17 Å². The van der Waals surface area contributed by atoms with Crippen LogP contribution in [0.5, 0.6) is 5.75 Å². The number of hydrogen-bond acceptors (Lipinski definition) is 6. The van der Waals surface area contributed by atoms with Gasteiger partial charge in [-0.05, 0) is 31.4 Å². The molecule has 2 heterocycles. The van der Waals surface area contributed by atoms with Gasteiger partial charge in [0.15, 0.2) is 11.6 Å². The fraction of sp³-hybridized carbons (Fsp3) is 0.455. The summed E-state index contributed by atoms with van der Waals surface area (Å²) in [6.45, 7) is 4.08. The minimum absolute atomic E-state index is 0.0546. The van der Waals surface area contributed by atoms with E-state index in [1.807, 2.05) is 24.9 Å². The maximum atomic E-state index is 15.2. The van der Waals surface area contributed by atoms with Crippen molar-refractivity contribution in [2.75, 3.05) is 11.9 Å². The van der Waals surface area contributed by atoms with Crippen LogP contribution in [-0.4, -0.2) is 49.1 Å².